The predicted molar refractivity (Wildman–Crippen MR) is 96.3 cm³/mol. The molecule has 0 unspecified atom stereocenters. The molecule has 0 aliphatic rings. The molecule has 1 aromatic carbocycles. The summed E-state index contributed by atoms with van der Waals surface area (Å²) in [6, 6.07) is 8.58. The Balaban J connectivity index is 2.01. The van der Waals surface area contributed by atoms with E-state index in [4.69, 9.17) is 16.3 Å². The summed E-state index contributed by atoms with van der Waals surface area (Å²) >= 11 is 9.16. The van der Waals surface area contributed by atoms with Crippen LogP contribution in [0.1, 0.15) is 30.6 Å². The number of carbonyl (C=O) groups excluding carboxylic acids is 1. The number of benzene rings is 1. The van der Waals surface area contributed by atoms with Gasteiger partial charge in [0.25, 0.3) is 5.91 Å². The van der Waals surface area contributed by atoms with E-state index in [0.717, 1.165) is 16.6 Å². The molecule has 0 saturated carbocycles. The molecule has 2 rings (SSSR count). The minimum atomic E-state index is -0.219. The maximum atomic E-state index is 12.2. The van der Waals surface area contributed by atoms with Crippen molar-refractivity contribution in [3.05, 3.63) is 51.7 Å². The molecule has 1 amide bonds. The zero-order valence-electron chi connectivity index (χ0n) is 13.0. The quantitative estimate of drug-likeness (QED) is 0.684. The van der Waals surface area contributed by atoms with Crippen LogP contribution in [0, 0.1) is 5.92 Å². The average Bonchev–Trinajstić information content (AvgIpc) is 2.50. The van der Waals surface area contributed by atoms with E-state index in [0.29, 0.717) is 28.9 Å². The fraction of sp³-hybridized carbons (Fsp3) is 0.294. The van der Waals surface area contributed by atoms with Crippen LogP contribution < -0.4 is 10.1 Å². The van der Waals surface area contributed by atoms with Crippen molar-refractivity contribution in [2.45, 2.75) is 20.3 Å². The highest BCUT2D eigenvalue weighted by Crippen LogP contribution is 2.27. The molecule has 1 aromatic heterocycles. The molecule has 1 N–H and O–H groups in total. The van der Waals surface area contributed by atoms with Crippen LogP contribution in [0.4, 0.5) is 5.69 Å². The maximum Gasteiger partial charge on any atom is 0.255 e. The third kappa shape index (κ3) is 5.52. The lowest BCUT2D eigenvalue weighted by molar-refractivity contribution is 0.102. The summed E-state index contributed by atoms with van der Waals surface area (Å²) in [5.74, 6) is 1.10. The van der Waals surface area contributed by atoms with Crippen molar-refractivity contribution in [3.63, 3.8) is 0 Å². The Morgan fingerprint density at radius 3 is 2.74 bits per heavy atom. The lowest BCUT2D eigenvalue weighted by Crippen LogP contribution is -2.12. The summed E-state index contributed by atoms with van der Waals surface area (Å²) in [5.41, 5.74) is 1.12. The normalized spacial score (nSPS) is 10.7. The van der Waals surface area contributed by atoms with E-state index in [1.165, 1.54) is 6.20 Å². The fourth-order valence-corrected chi connectivity index (χ4v) is 2.42. The molecule has 23 heavy (non-hydrogen) atoms. The number of aromatic nitrogens is 1. The number of nitrogens with zero attached hydrogens (tertiary/aromatic N) is 1. The monoisotopic (exact) mass is 396 g/mol. The van der Waals surface area contributed by atoms with Gasteiger partial charge in [-0.15, -0.1) is 0 Å². The van der Waals surface area contributed by atoms with Crippen LogP contribution in [0.15, 0.2) is 41.0 Å². The van der Waals surface area contributed by atoms with Crippen molar-refractivity contribution >= 4 is 39.1 Å². The molecule has 0 bridgehead atoms. The molecule has 0 aliphatic carbocycles. The van der Waals surface area contributed by atoms with E-state index in [1.807, 2.05) is 0 Å². The first-order chi connectivity index (χ1) is 11.0. The van der Waals surface area contributed by atoms with E-state index < -0.39 is 0 Å². The van der Waals surface area contributed by atoms with Gasteiger partial charge in [-0.05, 0) is 58.6 Å². The number of carbonyl (C=O) groups is 1. The molecule has 0 spiro atoms. The van der Waals surface area contributed by atoms with Crippen LogP contribution in [0.5, 0.6) is 5.75 Å². The van der Waals surface area contributed by atoms with Gasteiger partial charge < -0.3 is 10.1 Å². The Hall–Kier alpha value is -1.59. The lowest BCUT2D eigenvalue weighted by atomic mass is 10.1. The largest absolute Gasteiger partial charge is 0.492 e. The summed E-state index contributed by atoms with van der Waals surface area (Å²) < 4.78 is 6.46. The maximum absolute atomic E-state index is 12.2. The van der Waals surface area contributed by atoms with Crippen molar-refractivity contribution in [1.29, 1.82) is 0 Å². The van der Waals surface area contributed by atoms with Gasteiger partial charge in [0.15, 0.2) is 0 Å². The van der Waals surface area contributed by atoms with Crippen LogP contribution in [-0.2, 0) is 0 Å². The van der Waals surface area contributed by atoms with Gasteiger partial charge in [0.05, 0.1) is 23.0 Å². The van der Waals surface area contributed by atoms with Gasteiger partial charge in [0.2, 0.25) is 0 Å². The second-order valence-corrected chi connectivity index (χ2v) is 6.74. The minimum absolute atomic E-state index is 0.219. The van der Waals surface area contributed by atoms with E-state index in [1.54, 1.807) is 30.3 Å². The Kier molecular flexibility index (Phi) is 6.42. The van der Waals surface area contributed by atoms with E-state index in [9.17, 15) is 4.79 Å². The minimum Gasteiger partial charge on any atom is -0.492 e. The zero-order valence-corrected chi connectivity index (χ0v) is 15.3. The summed E-state index contributed by atoms with van der Waals surface area (Å²) in [5, 5.41) is 3.15. The third-order valence-corrected chi connectivity index (χ3v) is 3.98. The van der Waals surface area contributed by atoms with E-state index in [2.05, 4.69) is 40.1 Å². The first-order valence-electron chi connectivity index (χ1n) is 7.31. The molecule has 0 atom stereocenters. The fourth-order valence-electron chi connectivity index (χ4n) is 1.82. The number of amides is 1. The van der Waals surface area contributed by atoms with Crippen LogP contribution in [0.2, 0.25) is 5.15 Å². The summed E-state index contributed by atoms with van der Waals surface area (Å²) in [6.07, 6.45) is 2.50. The van der Waals surface area contributed by atoms with Gasteiger partial charge in [-0.25, -0.2) is 4.98 Å². The molecule has 6 heteroatoms. The molecular weight excluding hydrogens is 380 g/mol. The smallest absolute Gasteiger partial charge is 0.255 e. The Labute approximate surface area is 149 Å². The summed E-state index contributed by atoms with van der Waals surface area (Å²) in [6.45, 7) is 4.95. The van der Waals surface area contributed by atoms with Crippen molar-refractivity contribution in [1.82, 2.24) is 4.98 Å². The van der Waals surface area contributed by atoms with Crippen LogP contribution in [-0.4, -0.2) is 17.5 Å². The predicted octanol–water partition coefficient (Wildman–Crippen LogP) is 5.17. The first-order valence-corrected chi connectivity index (χ1v) is 8.48. The number of ether oxygens (including phenoxy) is 1. The third-order valence-electron chi connectivity index (χ3n) is 3.13. The van der Waals surface area contributed by atoms with Crippen molar-refractivity contribution in [3.8, 4) is 5.75 Å². The second kappa shape index (κ2) is 8.31. The SMILES string of the molecule is CC(C)CCOc1ccc(C(=O)Nc2ccc(Cl)nc2)cc1Br. The number of anilines is 1. The molecule has 1 heterocycles. The van der Waals surface area contributed by atoms with Crippen molar-refractivity contribution < 1.29 is 9.53 Å². The highest BCUT2D eigenvalue weighted by molar-refractivity contribution is 9.10. The van der Waals surface area contributed by atoms with Crippen LogP contribution >= 0.6 is 27.5 Å². The number of halogens is 2. The molecule has 0 fully saturated rings. The van der Waals surface area contributed by atoms with Gasteiger partial charge in [-0.2, -0.15) is 0 Å². The van der Waals surface area contributed by atoms with Gasteiger partial charge >= 0.3 is 0 Å². The summed E-state index contributed by atoms with van der Waals surface area (Å²) in [7, 11) is 0. The molecule has 4 nitrogen and oxygen atoms in total. The topological polar surface area (TPSA) is 51.2 Å². The molecule has 0 radical (unpaired) electrons. The molecular formula is C17H18BrClN2O2. The molecule has 0 aliphatic heterocycles. The first kappa shape index (κ1) is 17.8. The van der Waals surface area contributed by atoms with Gasteiger partial charge in [-0.3, -0.25) is 4.79 Å². The van der Waals surface area contributed by atoms with Crippen LogP contribution in [0.25, 0.3) is 0 Å². The van der Waals surface area contributed by atoms with E-state index in [-0.39, 0.29) is 5.91 Å². The second-order valence-electron chi connectivity index (χ2n) is 5.50. The molecule has 2 aromatic rings. The van der Waals surface area contributed by atoms with Crippen molar-refractivity contribution in [2.24, 2.45) is 5.92 Å². The van der Waals surface area contributed by atoms with Gasteiger partial charge in [0, 0.05) is 5.56 Å². The lowest BCUT2D eigenvalue weighted by Gasteiger charge is -2.11. The highest BCUT2D eigenvalue weighted by Gasteiger charge is 2.10. The standard InChI is InChI=1S/C17H18BrClN2O2/c1-11(2)7-8-23-15-5-3-12(9-14(15)18)17(22)21-13-4-6-16(19)20-10-13/h3-6,9-11H,7-8H2,1-2H3,(H,21,22). The van der Waals surface area contributed by atoms with Crippen LogP contribution in [0.3, 0.4) is 0 Å². The number of hydrogen-bond acceptors (Lipinski definition) is 3. The summed E-state index contributed by atoms with van der Waals surface area (Å²) in [4.78, 5) is 16.2. The molecule has 122 valence electrons. The average molecular weight is 398 g/mol. The number of nitrogens with one attached hydrogen (secondary N) is 1. The number of pyridine rings is 1. The van der Waals surface area contributed by atoms with E-state index >= 15 is 0 Å². The number of hydrogen-bond donors (Lipinski definition) is 1. The number of rotatable bonds is 6. The molecule has 0 saturated heterocycles. The van der Waals surface area contributed by atoms with Gasteiger partial charge in [0.1, 0.15) is 10.9 Å². The van der Waals surface area contributed by atoms with Gasteiger partial charge in [-0.1, -0.05) is 25.4 Å². The Morgan fingerprint density at radius 2 is 2.13 bits per heavy atom. The highest BCUT2D eigenvalue weighted by atomic mass is 79.9. The Bertz CT molecular complexity index is 675. The zero-order chi connectivity index (χ0) is 16.8. The Morgan fingerprint density at radius 1 is 1.35 bits per heavy atom. The van der Waals surface area contributed by atoms with Crippen molar-refractivity contribution in [2.75, 3.05) is 11.9 Å².